The van der Waals surface area contributed by atoms with Crippen molar-refractivity contribution < 1.29 is 4.79 Å². The van der Waals surface area contributed by atoms with Crippen LogP contribution in [-0.4, -0.2) is 18.5 Å². The van der Waals surface area contributed by atoms with E-state index in [4.69, 9.17) is 0 Å². The van der Waals surface area contributed by atoms with Crippen molar-refractivity contribution in [3.05, 3.63) is 23.8 Å². The molecule has 1 heterocycles. The van der Waals surface area contributed by atoms with Gasteiger partial charge in [-0.3, -0.25) is 4.79 Å². The van der Waals surface area contributed by atoms with Crippen LogP contribution in [0.5, 0.6) is 0 Å². The Kier molecular flexibility index (Phi) is 4.77. The number of benzene rings is 1. The van der Waals surface area contributed by atoms with Crippen molar-refractivity contribution in [2.24, 2.45) is 5.92 Å². The lowest BCUT2D eigenvalue weighted by atomic mass is 9.88. The number of hydrogen-bond acceptors (Lipinski definition) is 2. The summed E-state index contributed by atoms with van der Waals surface area (Å²) in [6, 6.07) is 7.28. The number of carbonyl (C=O) groups excluding carboxylic acids is 1. The molecule has 0 aromatic heterocycles. The van der Waals surface area contributed by atoms with Crippen LogP contribution in [0.25, 0.3) is 0 Å². The summed E-state index contributed by atoms with van der Waals surface area (Å²) in [6.45, 7) is 1.15. The minimum Gasteiger partial charge on any atom is -0.368 e. The molecule has 0 unspecified atom stereocenters. The zero-order valence-electron chi connectivity index (χ0n) is 14.7. The van der Waals surface area contributed by atoms with Crippen molar-refractivity contribution in [2.45, 2.75) is 76.7 Å². The SMILES string of the molecule is O=C(Nc1ccc2c(c1)N(C1CCCCC1)CC2)C1CCCCC1. The van der Waals surface area contributed by atoms with Gasteiger partial charge in [0.1, 0.15) is 0 Å². The van der Waals surface area contributed by atoms with Crippen LogP contribution < -0.4 is 10.2 Å². The van der Waals surface area contributed by atoms with E-state index in [1.807, 2.05) is 0 Å². The Labute approximate surface area is 145 Å². The predicted molar refractivity (Wildman–Crippen MR) is 99.6 cm³/mol. The van der Waals surface area contributed by atoms with E-state index in [0.717, 1.165) is 31.5 Å². The van der Waals surface area contributed by atoms with E-state index in [-0.39, 0.29) is 11.8 Å². The predicted octanol–water partition coefficient (Wildman–Crippen LogP) is 4.90. The molecule has 3 nitrogen and oxygen atoms in total. The molecule has 0 saturated heterocycles. The Morgan fingerprint density at radius 3 is 2.42 bits per heavy atom. The van der Waals surface area contributed by atoms with Crippen molar-refractivity contribution in [3.8, 4) is 0 Å². The van der Waals surface area contributed by atoms with E-state index in [9.17, 15) is 4.79 Å². The van der Waals surface area contributed by atoms with E-state index in [0.29, 0.717) is 6.04 Å². The Morgan fingerprint density at radius 2 is 1.67 bits per heavy atom. The molecule has 1 aromatic rings. The van der Waals surface area contributed by atoms with Crippen molar-refractivity contribution >= 4 is 17.3 Å². The maximum Gasteiger partial charge on any atom is 0.227 e. The van der Waals surface area contributed by atoms with Crippen LogP contribution in [-0.2, 0) is 11.2 Å². The first kappa shape index (κ1) is 16.0. The van der Waals surface area contributed by atoms with Crippen LogP contribution in [0, 0.1) is 5.92 Å². The second kappa shape index (κ2) is 7.16. The van der Waals surface area contributed by atoms with E-state index >= 15 is 0 Å². The van der Waals surface area contributed by atoms with Gasteiger partial charge in [-0.15, -0.1) is 0 Å². The Balaban J connectivity index is 1.47. The van der Waals surface area contributed by atoms with Crippen LogP contribution in [0.2, 0.25) is 0 Å². The third-order valence-corrected chi connectivity index (χ3v) is 6.28. The fraction of sp³-hybridized carbons (Fsp3) is 0.667. The summed E-state index contributed by atoms with van der Waals surface area (Å²) in [5.74, 6) is 0.457. The first-order valence-corrected chi connectivity index (χ1v) is 10.0. The fourth-order valence-electron chi connectivity index (χ4n) is 4.86. The molecule has 1 aliphatic heterocycles. The van der Waals surface area contributed by atoms with Crippen molar-refractivity contribution in [1.82, 2.24) is 0 Å². The van der Waals surface area contributed by atoms with E-state index in [1.165, 1.54) is 62.6 Å². The molecular weight excluding hydrogens is 296 g/mol. The molecule has 0 spiro atoms. The number of hydrogen-bond donors (Lipinski definition) is 1. The summed E-state index contributed by atoms with van der Waals surface area (Å²) in [4.78, 5) is 15.1. The third kappa shape index (κ3) is 3.31. The monoisotopic (exact) mass is 326 g/mol. The molecule has 1 amide bonds. The zero-order valence-corrected chi connectivity index (χ0v) is 14.7. The van der Waals surface area contributed by atoms with E-state index < -0.39 is 0 Å². The van der Waals surface area contributed by atoms with Gasteiger partial charge in [-0.2, -0.15) is 0 Å². The number of nitrogens with one attached hydrogen (secondary N) is 1. The first-order valence-electron chi connectivity index (χ1n) is 10.0. The first-order chi connectivity index (χ1) is 11.8. The molecular formula is C21H30N2O. The third-order valence-electron chi connectivity index (χ3n) is 6.28. The lowest BCUT2D eigenvalue weighted by Crippen LogP contribution is -2.35. The highest BCUT2D eigenvalue weighted by atomic mass is 16.1. The highest BCUT2D eigenvalue weighted by Gasteiger charge is 2.28. The highest BCUT2D eigenvalue weighted by Crippen LogP contribution is 2.36. The summed E-state index contributed by atoms with van der Waals surface area (Å²) in [5, 5.41) is 3.20. The lowest BCUT2D eigenvalue weighted by molar-refractivity contribution is -0.120. The van der Waals surface area contributed by atoms with Gasteiger partial charge in [0.2, 0.25) is 5.91 Å². The molecule has 4 rings (SSSR count). The van der Waals surface area contributed by atoms with Crippen LogP contribution in [0.1, 0.15) is 69.8 Å². The topological polar surface area (TPSA) is 32.3 Å². The van der Waals surface area contributed by atoms with E-state index in [1.54, 1.807) is 0 Å². The molecule has 1 aromatic carbocycles. The summed E-state index contributed by atoms with van der Waals surface area (Å²) in [7, 11) is 0. The molecule has 130 valence electrons. The van der Waals surface area contributed by atoms with Crippen molar-refractivity contribution in [3.63, 3.8) is 0 Å². The second-order valence-corrected chi connectivity index (χ2v) is 7.90. The van der Waals surface area contributed by atoms with Gasteiger partial charge in [0.25, 0.3) is 0 Å². The van der Waals surface area contributed by atoms with Gasteiger partial charge in [-0.25, -0.2) is 0 Å². The maximum absolute atomic E-state index is 12.5. The molecule has 3 aliphatic rings. The van der Waals surface area contributed by atoms with Gasteiger partial charge in [0, 0.05) is 29.9 Å². The number of amides is 1. The normalized spacial score (nSPS) is 22.4. The minimum atomic E-state index is 0.224. The molecule has 3 heteroatoms. The zero-order chi connectivity index (χ0) is 16.4. The summed E-state index contributed by atoms with van der Waals surface area (Å²) < 4.78 is 0. The summed E-state index contributed by atoms with van der Waals surface area (Å²) in [6.07, 6.45) is 13.8. The van der Waals surface area contributed by atoms with Crippen molar-refractivity contribution in [1.29, 1.82) is 0 Å². The van der Waals surface area contributed by atoms with Crippen LogP contribution in [0.15, 0.2) is 18.2 Å². The largest absolute Gasteiger partial charge is 0.368 e. The van der Waals surface area contributed by atoms with Gasteiger partial charge in [0.15, 0.2) is 0 Å². The molecule has 2 aliphatic carbocycles. The quantitative estimate of drug-likeness (QED) is 0.857. The maximum atomic E-state index is 12.5. The molecule has 0 atom stereocenters. The average molecular weight is 326 g/mol. The highest BCUT2D eigenvalue weighted by molar-refractivity contribution is 5.93. The molecule has 0 radical (unpaired) electrons. The number of nitrogens with zero attached hydrogens (tertiary/aromatic N) is 1. The molecule has 1 N–H and O–H groups in total. The molecule has 2 fully saturated rings. The minimum absolute atomic E-state index is 0.224. The number of anilines is 2. The van der Waals surface area contributed by atoms with Crippen LogP contribution in [0.3, 0.4) is 0 Å². The summed E-state index contributed by atoms with van der Waals surface area (Å²) in [5.41, 5.74) is 3.83. The Hall–Kier alpha value is -1.51. The van der Waals surface area contributed by atoms with Crippen molar-refractivity contribution in [2.75, 3.05) is 16.8 Å². The second-order valence-electron chi connectivity index (χ2n) is 7.90. The number of carbonyl (C=O) groups is 1. The Bertz CT molecular complexity index is 586. The summed E-state index contributed by atoms with van der Waals surface area (Å²) >= 11 is 0. The molecule has 0 bridgehead atoms. The average Bonchev–Trinajstić information content (AvgIpc) is 3.06. The smallest absolute Gasteiger partial charge is 0.227 e. The van der Waals surface area contributed by atoms with Gasteiger partial charge in [-0.1, -0.05) is 44.6 Å². The van der Waals surface area contributed by atoms with Gasteiger partial charge in [-0.05, 0) is 49.8 Å². The fourth-order valence-corrected chi connectivity index (χ4v) is 4.86. The van der Waals surface area contributed by atoms with E-state index in [2.05, 4.69) is 28.4 Å². The Morgan fingerprint density at radius 1 is 0.958 bits per heavy atom. The number of rotatable bonds is 3. The van der Waals surface area contributed by atoms with Gasteiger partial charge in [0.05, 0.1) is 0 Å². The van der Waals surface area contributed by atoms with Gasteiger partial charge >= 0.3 is 0 Å². The van der Waals surface area contributed by atoms with Gasteiger partial charge < -0.3 is 10.2 Å². The molecule has 2 saturated carbocycles. The standard InChI is InChI=1S/C21H30N2O/c24-21(17-7-3-1-4-8-17)22-18-12-11-16-13-14-23(20(16)15-18)19-9-5-2-6-10-19/h11-12,15,17,19H,1-10,13-14H2,(H,22,24). The van der Waals surface area contributed by atoms with Crippen LogP contribution >= 0.6 is 0 Å². The number of fused-ring (bicyclic) bond motifs is 1. The lowest BCUT2D eigenvalue weighted by Gasteiger charge is -2.33. The van der Waals surface area contributed by atoms with Crippen LogP contribution in [0.4, 0.5) is 11.4 Å². The molecule has 24 heavy (non-hydrogen) atoms.